The summed E-state index contributed by atoms with van der Waals surface area (Å²) in [5.74, 6) is -0.452. The van der Waals surface area contributed by atoms with E-state index in [2.05, 4.69) is 33.2 Å². The first-order chi connectivity index (χ1) is 7.54. The monoisotopic (exact) mass is 332 g/mol. The molecule has 0 saturated heterocycles. The lowest BCUT2D eigenvalue weighted by Crippen LogP contribution is -2.43. The Bertz CT molecular complexity index is 389. The molecule has 5 heteroatoms. The van der Waals surface area contributed by atoms with Crippen molar-refractivity contribution in [2.45, 2.75) is 13.0 Å². The second-order valence-electron chi connectivity index (χ2n) is 3.32. The Morgan fingerprint density at radius 1 is 1.25 bits per heavy atom. The summed E-state index contributed by atoms with van der Waals surface area (Å²) in [6.07, 6.45) is 0. The number of hydrogen-bond acceptors (Lipinski definition) is 2. The van der Waals surface area contributed by atoms with Crippen LogP contribution in [-0.4, -0.2) is 24.9 Å². The number of hydrogen-bond donors (Lipinski definition) is 2. The van der Waals surface area contributed by atoms with Gasteiger partial charge in [-0.05, 0) is 53.8 Å². The number of benzene rings is 1. The SMILES string of the molecule is CNC(=O)C(C)NC(=O)c1ccc(I)cc1. The molecule has 0 radical (unpaired) electrons. The molecular formula is C11H13IN2O2. The van der Waals surface area contributed by atoms with Crippen molar-refractivity contribution >= 4 is 34.4 Å². The van der Waals surface area contributed by atoms with Gasteiger partial charge < -0.3 is 10.6 Å². The van der Waals surface area contributed by atoms with Gasteiger partial charge >= 0.3 is 0 Å². The molecule has 4 nitrogen and oxygen atoms in total. The first kappa shape index (κ1) is 13.0. The Kier molecular flexibility index (Phi) is 4.72. The van der Waals surface area contributed by atoms with Crippen molar-refractivity contribution in [3.05, 3.63) is 33.4 Å². The van der Waals surface area contributed by atoms with E-state index in [1.54, 1.807) is 19.1 Å². The van der Waals surface area contributed by atoms with Gasteiger partial charge in [-0.2, -0.15) is 0 Å². The second-order valence-corrected chi connectivity index (χ2v) is 4.56. The Morgan fingerprint density at radius 2 is 1.81 bits per heavy atom. The zero-order chi connectivity index (χ0) is 12.1. The zero-order valence-electron chi connectivity index (χ0n) is 9.08. The molecule has 0 heterocycles. The van der Waals surface area contributed by atoms with E-state index in [4.69, 9.17) is 0 Å². The molecule has 0 saturated carbocycles. The molecule has 1 aromatic rings. The van der Waals surface area contributed by atoms with E-state index in [1.165, 1.54) is 7.05 Å². The van der Waals surface area contributed by atoms with Gasteiger partial charge in [-0.25, -0.2) is 0 Å². The van der Waals surface area contributed by atoms with Crippen molar-refractivity contribution in [1.82, 2.24) is 10.6 Å². The number of likely N-dealkylation sites (N-methyl/N-ethyl adjacent to an activating group) is 1. The van der Waals surface area contributed by atoms with Crippen LogP contribution < -0.4 is 10.6 Å². The predicted molar refractivity (Wildman–Crippen MR) is 70.2 cm³/mol. The molecule has 0 aliphatic heterocycles. The average molecular weight is 332 g/mol. The lowest BCUT2D eigenvalue weighted by Gasteiger charge is -2.12. The molecule has 1 unspecified atom stereocenters. The van der Waals surface area contributed by atoms with Crippen LogP contribution in [0.4, 0.5) is 0 Å². The quantitative estimate of drug-likeness (QED) is 0.816. The molecule has 0 aliphatic rings. The van der Waals surface area contributed by atoms with Gasteiger partial charge in [-0.1, -0.05) is 0 Å². The van der Waals surface area contributed by atoms with Crippen LogP contribution in [0.5, 0.6) is 0 Å². The highest BCUT2D eigenvalue weighted by Gasteiger charge is 2.14. The summed E-state index contributed by atoms with van der Waals surface area (Å²) >= 11 is 2.17. The maximum absolute atomic E-state index is 11.7. The fourth-order valence-corrected chi connectivity index (χ4v) is 1.52. The lowest BCUT2D eigenvalue weighted by atomic mass is 10.2. The fourth-order valence-electron chi connectivity index (χ4n) is 1.16. The van der Waals surface area contributed by atoms with E-state index >= 15 is 0 Å². The lowest BCUT2D eigenvalue weighted by molar-refractivity contribution is -0.122. The van der Waals surface area contributed by atoms with Gasteiger partial charge in [0.15, 0.2) is 0 Å². The number of carbonyl (C=O) groups is 2. The minimum absolute atomic E-state index is 0.209. The van der Waals surface area contributed by atoms with Crippen molar-refractivity contribution in [2.24, 2.45) is 0 Å². The highest BCUT2D eigenvalue weighted by molar-refractivity contribution is 14.1. The smallest absolute Gasteiger partial charge is 0.251 e. The molecule has 1 rings (SSSR count). The summed E-state index contributed by atoms with van der Waals surface area (Å²) in [6.45, 7) is 1.64. The average Bonchev–Trinajstić information content (AvgIpc) is 2.28. The summed E-state index contributed by atoms with van der Waals surface area (Å²) in [5.41, 5.74) is 0.552. The normalized spacial score (nSPS) is 11.7. The van der Waals surface area contributed by atoms with Crippen LogP contribution in [0.2, 0.25) is 0 Å². The predicted octanol–water partition coefficient (Wildman–Crippen LogP) is 1.16. The van der Waals surface area contributed by atoms with Gasteiger partial charge in [-0.15, -0.1) is 0 Å². The second kappa shape index (κ2) is 5.83. The van der Waals surface area contributed by atoms with E-state index in [-0.39, 0.29) is 11.8 Å². The topological polar surface area (TPSA) is 58.2 Å². The molecule has 0 bridgehead atoms. The first-order valence-corrected chi connectivity index (χ1v) is 5.90. The number of amides is 2. The van der Waals surface area contributed by atoms with E-state index < -0.39 is 6.04 Å². The minimum atomic E-state index is -0.531. The van der Waals surface area contributed by atoms with Crippen LogP contribution in [0, 0.1) is 3.57 Å². The van der Waals surface area contributed by atoms with Gasteiger partial charge in [0.05, 0.1) is 0 Å². The first-order valence-electron chi connectivity index (χ1n) is 4.82. The zero-order valence-corrected chi connectivity index (χ0v) is 11.2. The largest absolute Gasteiger partial charge is 0.357 e. The van der Waals surface area contributed by atoms with Gasteiger partial charge in [0.1, 0.15) is 6.04 Å². The summed E-state index contributed by atoms with van der Waals surface area (Å²) < 4.78 is 1.06. The third kappa shape index (κ3) is 3.48. The maximum atomic E-state index is 11.7. The van der Waals surface area contributed by atoms with Gasteiger partial charge in [0, 0.05) is 16.2 Å². The highest BCUT2D eigenvalue weighted by atomic mass is 127. The molecule has 0 fully saturated rings. The molecule has 0 aromatic heterocycles. The van der Waals surface area contributed by atoms with Gasteiger partial charge in [0.2, 0.25) is 5.91 Å². The number of rotatable bonds is 3. The van der Waals surface area contributed by atoms with Crippen LogP contribution in [0.15, 0.2) is 24.3 Å². The fraction of sp³-hybridized carbons (Fsp3) is 0.273. The van der Waals surface area contributed by atoms with Crippen LogP contribution in [0.3, 0.4) is 0 Å². The molecule has 86 valence electrons. The Balaban J connectivity index is 2.65. The molecule has 0 aliphatic carbocycles. The van der Waals surface area contributed by atoms with Crippen LogP contribution >= 0.6 is 22.6 Å². The van der Waals surface area contributed by atoms with Crippen LogP contribution in [-0.2, 0) is 4.79 Å². The van der Waals surface area contributed by atoms with Crippen molar-refractivity contribution in [3.63, 3.8) is 0 Å². The van der Waals surface area contributed by atoms with Crippen molar-refractivity contribution in [1.29, 1.82) is 0 Å². The molecule has 1 atom stereocenters. The molecular weight excluding hydrogens is 319 g/mol. The van der Waals surface area contributed by atoms with Crippen molar-refractivity contribution in [2.75, 3.05) is 7.05 Å². The van der Waals surface area contributed by atoms with Gasteiger partial charge in [-0.3, -0.25) is 9.59 Å². The van der Waals surface area contributed by atoms with Gasteiger partial charge in [0.25, 0.3) is 5.91 Å². The molecule has 1 aromatic carbocycles. The molecule has 0 spiro atoms. The summed E-state index contributed by atoms with van der Waals surface area (Å²) in [7, 11) is 1.54. The third-order valence-electron chi connectivity index (χ3n) is 2.09. The molecule has 2 amide bonds. The van der Waals surface area contributed by atoms with Crippen LogP contribution in [0.1, 0.15) is 17.3 Å². The van der Waals surface area contributed by atoms with Crippen molar-refractivity contribution in [3.8, 4) is 0 Å². The number of nitrogens with one attached hydrogen (secondary N) is 2. The van der Waals surface area contributed by atoms with E-state index in [0.29, 0.717) is 5.56 Å². The summed E-state index contributed by atoms with van der Waals surface area (Å²) in [6, 6.07) is 6.62. The summed E-state index contributed by atoms with van der Waals surface area (Å²) in [5, 5.41) is 5.09. The van der Waals surface area contributed by atoms with E-state index in [9.17, 15) is 9.59 Å². The maximum Gasteiger partial charge on any atom is 0.251 e. The number of carbonyl (C=O) groups excluding carboxylic acids is 2. The number of halogens is 1. The summed E-state index contributed by atoms with van der Waals surface area (Å²) in [4.78, 5) is 22.9. The standard InChI is InChI=1S/C11H13IN2O2/c1-7(10(15)13-2)14-11(16)8-3-5-9(12)6-4-8/h3-7H,1-2H3,(H,13,15)(H,14,16). The minimum Gasteiger partial charge on any atom is -0.357 e. The third-order valence-corrected chi connectivity index (χ3v) is 2.81. The van der Waals surface area contributed by atoms with E-state index in [0.717, 1.165) is 3.57 Å². The molecule has 2 N–H and O–H groups in total. The Morgan fingerprint density at radius 3 is 2.31 bits per heavy atom. The van der Waals surface area contributed by atoms with Crippen molar-refractivity contribution < 1.29 is 9.59 Å². The van der Waals surface area contributed by atoms with Crippen LogP contribution in [0.25, 0.3) is 0 Å². The Labute approximate surface area is 108 Å². The molecule has 16 heavy (non-hydrogen) atoms. The van der Waals surface area contributed by atoms with E-state index in [1.807, 2.05) is 12.1 Å². The Hall–Kier alpha value is -1.11. The highest BCUT2D eigenvalue weighted by Crippen LogP contribution is 2.06.